The Balaban J connectivity index is 1.93. The minimum atomic E-state index is -3.67. The predicted octanol–water partition coefficient (Wildman–Crippen LogP) is 1.63. The molecule has 2 rings (SSSR count). The highest BCUT2D eigenvalue weighted by molar-refractivity contribution is 7.91. The first-order chi connectivity index (χ1) is 9.88. The molecule has 0 aliphatic rings. The Kier molecular flexibility index (Phi) is 4.81. The van der Waals surface area contributed by atoms with Crippen molar-refractivity contribution in [3.05, 3.63) is 41.2 Å². The maximum Gasteiger partial charge on any atom is 0.250 e. The van der Waals surface area contributed by atoms with Gasteiger partial charge in [-0.25, -0.2) is 8.42 Å². The third-order valence-electron chi connectivity index (χ3n) is 2.72. The molecule has 1 amide bonds. The summed E-state index contributed by atoms with van der Waals surface area (Å²) in [5, 5.41) is 2.61. The Labute approximate surface area is 127 Å². The van der Waals surface area contributed by atoms with Crippen LogP contribution >= 0.6 is 11.3 Å². The van der Waals surface area contributed by atoms with Gasteiger partial charge in [-0.2, -0.15) is 4.72 Å². The second kappa shape index (κ2) is 6.42. The number of carbonyl (C=O) groups excluding carboxylic acids is 1. The molecule has 2 aromatic heterocycles. The highest BCUT2D eigenvalue weighted by Crippen LogP contribution is 2.20. The molecule has 2 N–H and O–H groups in total. The average molecular weight is 328 g/mol. The van der Waals surface area contributed by atoms with E-state index >= 15 is 0 Å². The Morgan fingerprint density at radius 3 is 2.71 bits per heavy atom. The van der Waals surface area contributed by atoms with Gasteiger partial charge in [0.25, 0.3) is 10.0 Å². The summed E-state index contributed by atoms with van der Waals surface area (Å²) in [5.41, 5.74) is 0. The van der Waals surface area contributed by atoms with Crippen LogP contribution in [0.15, 0.2) is 39.2 Å². The molecule has 0 saturated carbocycles. The molecule has 0 saturated heterocycles. The standard InChI is InChI=1S/C13H16N2O4S2/c1-9-5-6-12(20-9)21(17,18)15-10(2)13(16)14-8-11-4-3-7-19-11/h3-7,10,15H,8H2,1-2H3,(H,14,16)/t10-/m0/s1. The molecular formula is C13H16N2O4S2. The number of thiophene rings is 1. The molecule has 2 aromatic rings. The van der Waals surface area contributed by atoms with E-state index in [1.165, 1.54) is 19.3 Å². The van der Waals surface area contributed by atoms with Crippen molar-refractivity contribution in [3.8, 4) is 0 Å². The molecule has 0 fully saturated rings. The monoisotopic (exact) mass is 328 g/mol. The molecule has 1 atom stereocenters. The lowest BCUT2D eigenvalue weighted by atomic mass is 10.3. The van der Waals surface area contributed by atoms with Crippen LogP contribution in [0.2, 0.25) is 0 Å². The van der Waals surface area contributed by atoms with Crippen molar-refractivity contribution < 1.29 is 17.6 Å². The quantitative estimate of drug-likeness (QED) is 0.843. The molecule has 0 aliphatic carbocycles. The van der Waals surface area contributed by atoms with Crippen molar-refractivity contribution in [2.45, 2.75) is 30.6 Å². The highest BCUT2D eigenvalue weighted by atomic mass is 32.2. The van der Waals surface area contributed by atoms with Crippen molar-refractivity contribution >= 4 is 27.3 Å². The molecule has 0 aliphatic heterocycles. The van der Waals surface area contributed by atoms with Crippen LogP contribution in [0.5, 0.6) is 0 Å². The minimum Gasteiger partial charge on any atom is -0.467 e. The Hall–Kier alpha value is -1.64. The average Bonchev–Trinajstić information content (AvgIpc) is 3.06. The van der Waals surface area contributed by atoms with E-state index in [0.29, 0.717) is 5.76 Å². The largest absolute Gasteiger partial charge is 0.467 e. The number of sulfonamides is 1. The number of aryl methyl sites for hydroxylation is 1. The zero-order valence-electron chi connectivity index (χ0n) is 11.6. The summed E-state index contributed by atoms with van der Waals surface area (Å²) in [6.45, 7) is 3.54. The van der Waals surface area contributed by atoms with Crippen molar-refractivity contribution in [2.24, 2.45) is 0 Å². The molecule has 0 unspecified atom stereocenters. The molecule has 2 heterocycles. The van der Waals surface area contributed by atoms with E-state index in [2.05, 4.69) is 10.0 Å². The fourth-order valence-corrected chi connectivity index (χ4v) is 4.14. The summed E-state index contributed by atoms with van der Waals surface area (Å²) in [7, 11) is -3.67. The number of rotatable bonds is 6. The van der Waals surface area contributed by atoms with E-state index in [1.807, 2.05) is 6.92 Å². The summed E-state index contributed by atoms with van der Waals surface area (Å²) < 4.78 is 31.8. The van der Waals surface area contributed by atoms with Gasteiger partial charge in [-0.05, 0) is 38.1 Å². The van der Waals surface area contributed by atoms with Gasteiger partial charge in [-0.15, -0.1) is 11.3 Å². The van der Waals surface area contributed by atoms with Crippen LogP contribution in [-0.2, 0) is 21.4 Å². The molecular weight excluding hydrogens is 312 g/mol. The van der Waals surface area contributed by atoms with Gasteiger partial charge in [0.15, 0.2) is 0 Å². The third-order valence-corrected chi connectivity index (χ3v) is 5.76. The number of hydrogen-bond acceptors (Lipinski definition) is 5. The maximum atomic E-state index is 12.1. The van der Waals surface area contributed by atoms with Crippen molar-refractivity contribution in [2.75, 3.05) is 0 Å². The number of carbonyl (C=O) groups is 1. The molecule has 21 heavy (non-hydrogen) atoms. The van der Waals surface area contributed by atoms with Crippen LogP contribution in [0.25, 0.3) is 0 Å². The normalized spacial score (nSPS) is 13.0. The number of hydrogen-bond donors (Lipinski definition) is 2. The second-order valence-corrected chi connectivity index (χ2v) is 7.73. The fraction of sp³-hybridized carbons (Fsp3) is 0.308. The Morgan fingerprint density at radius 1 is 1.38 bits per heavy atom. The van der Waals surface area contributed by atoms with E-state index < -0.39 is 22.0 Å². The van der Waals surface area contributed by atoms with Gasteiger partial charge >= 0.3 is 0 Å². The van der Waals surface area contributed by atoms with Gasteiger partial charge in [0.1, 0.15) is 9.97 Å². The van der Waals surface area contributed by atoms with Crippen LogP contribution in [0, 0.1) is 6.92 Å². The summed E-state index contributed by atoms with van der Waals surface area (Å²) in [6.07, 6.45) is 1.51. The zero-order chi connectivity index (χ0) is 15.5. The van der Waals surface area contributed by atoms with Crippen LogP contribution in [0.4, 0.5) is 0 Å². The first kappa shape index (κ1) is 15.7. The number of amides is 1. The first-order valence-electron chi connectivity index (χ1n) is 6.27. The molecule has 0 aromatic carbocycles. The summed E-state index contributed by atoms with van der Waals surface area (Å²) in [5.74, 6) is 0.190. The molecule has 8 heteroatoms. The van der Waals surface area contributed by atoms with Crippen LogP contribution < -0.4 is 10.0 Å². The van der Waals surface area contributed by atoms with Crippen molar-refractivity contribution in [1.82, 2.24) is 10.0 Å². The minimum absolute atomic E-state index is 0.200. The smallest absolute Gasteiger partial charge is 0.250 e. The number of furan rings is 1. The molecule has 0 spiro atoms. The maximum absolute atomic E-state index is 12.1. The predicted molar refractivity (Wildman–Crippen MR) is 79.4 cm³/mol. The Morgan fingerprint density at radius 2 is 2.14 bits per heavy atom. The topological polar surface area (TPSA) is 88.4 Å². The van der Waals surface area contributed by atoms with E-state index in [4.69, 9.17) is 4.42 Å². The second-order valence-electron chi connectivity index (χ2n) is 4.51. The lowest BCUT2D eigenvalue weighted by Crippen LogP contribution is -2.44. The van der Waals surface area contributed by atoms with Gasteiger partial charge in [-0.3, -0.25) is 4.79 Å². The van der Waals surface area contributed by atoms with Gasteiger partial charge < -0.3 is 9.73 Å². The van der Waals surface area contributed by atoms with Gasteiger partial charge in [0, 0.05) is 4.88 Å². The van der Waals surface area contributed by atoms with Crippen LogP contribution in [0.3, 0.4) is 0 Å². The van der Waals surface area contributed by atoms with Crippen LogP contribution in [0.1, 0.15) is 17.6 Å². The Bertz CT molecular complexity index is 704. The SMILES string of the molecule is Cc1ccc(S(=O)(=O)N[C@@H](C)C(=O)NCc2ccco2)s1. The van der Waals surface area contributed by atoms with Gasteiger partial charge in [-0.1, -0.05) is 0 Å². The van der Waals surface area contributed by atoms with Crippen molar-refractivity contribution in [3.63, 3.8) is 0 Å². The van der Waals surface area contributed by atoms with E-state index in [1.54, 1.807) is 18.2 Å². The first-order valence-corrected chi connectivity index (χ1v) is 8.57. The zero-order valence-corrected chi connectivity index (χ0v) is 13.3. The van der Waals surface area contributed by atoms with E-state index in [0.717, 1.165) is 16.2 Å². The highest BCUT2D eigenvalue weighted by Gasteiger charge is 2.23. The molecule has 0 bridgehead atoms. The molecule has 6 nitrogen and oxygen atoms in total. The van der Waals surface area contributed by atoms with Gasteiger partial charge in [0.05, 0.1) is 18.8 Å². The van der Waals surface area contributed by atoms with E-state index in [-0.39, 0.29) is 10.8 Å². The van der Waals surface area contributed by atoms with E-state index in [9.17, 15) is 13.2 Å². The van der Waals surface area contributed by atoms with Gasteiger partial charge in [0.2, 0.25) is 5.91 Å². The third kappa shape index (κ3) is 4.16. The summed E-state index contributed by atoms with van der Waals surface area (Å²) in [4.78, 5) is 12.8. The molecule has 0 radical (unpaired) electrons. The number of nitrogens with one attached hydrogen (secondary N) is 2. The summed E-state index contributed by atoms with van der Waals surface area (Å²) >= 11 is 1.16. The molecule has 114 valence electrons. The fourth-order valence-electron chi connectivity index (χ4n) is 1.64. The van der Waals surface area contributed by atoms with Crippen LogP contribution in [-0.4, -0.2) is 20.4 Å². The summed E-state index contributed by atoms with van der Waals surface area (Å²) in [6, 6.07) is 5.82. The lowest BCUT2D eigenvalue weighted by molar-refractivity contribution is -0.122. The lowest BCUT2D eigenvalue weighted by Gasteiger charge is -2.13. The van der Waals surface area contributed by atoms with Crippen molar-refractivity contribution in [1.29, 1.82) is 0 Å².